The van der Waals surface area contributed by atoms with Crippen LogP contribution in [0.5, 0.6) is 5.75 Å². The minimum absolute atomic E-state index is 0.187. The van der Waals surface area contributed by atoms with Crippen LogP contribution >= 0.6 is 12.2 Å². The van der Waals surface area contributed by atoms with E-state index in [0.29, 0.717) is 16.4 Å². The van der Waals surface area contributed by atoms with Crippen molar-refractivity contribution in [3.05, 3.63) is 83.6 Å². The third kappa shape index (κ3) is 3.93. The molecule has 0 saturated heterocycles. The minimum Gasteiger partial charge on any atom is -0.497 e. The van der Waals surface area contributed by atoms with Gasteiger partial charge < -0.3 is 20.7 Å². The summed E-state index contributed by atoms with van der Waals surface area (Å²) in [6, 6.07) is 21.2. The van der Waals surface area contributed by atoms with Gasteiger partial charge in [-0.15, -0.1) is 0 Å². The highest BCUT2D eigenvalue weighted by molar-refractivity contribution is 7.80. The van der Waals surface area contributed by atoms with Crippen LogP contribution in [0.15, 0.2) is 78.0 Å². The maximum atomic E-state index is 13.2. The van der Waals surface area contributed by atoms with Crippen LogP contribution in [0.4, 0.5) is 5.69 Å². The first kappa shape index (κ1) is 19.0. The molecule has 4 rings (SSSR count). The van der Waals surface area contributed by atoms with Gasteiger partial charge in [-0.3, -0.25) is 4.79 Å². The second kappa shape index (κ2) is 7.93. The Balaban J connectivity index is 1.68. The minimum atomic E-state index is -0.341. The quantitative estimate of drug-likeness (QED) is 0.568. The standard InChI is InChI=1S/C23H21N3O2S/c1-14-20(22(27)25-18-9-11-19(28-2)12-10-18)21(26-23(29)24-14)17-8-7-15-5-3-4-6-16(15)13-17/h3-13,21H,1-2H3,(H,25,27)(H2,24,26,29)/t21-/m1/s1. The van der Waals surface area contributed by atoms with E-state index in [2.05, 4.69) is 40.2 Å². The highest BCUT2D eigenvalue weighted by Gasteiger charge is 2.30. The summed E-state index contributed by atoms with van der Waals surface area (Å²) in [5, 5.41) is 12.1. The van der Waals surface area contributed by atoms with Gasteiger partial charge in [-0.1, -0.05) is 36.4 Å². The van der Waals surface area contributed by atoms with Crippen molar-refractivity contribution in [2.75, 3.05) is 12.4 Å². The molecular weight excluding hydrogens is 382 g/mol. The van der Waals surface area contributed by atoms with Crippen molar-refractivity contribution in [1.82, 2.24) is 10.6 Å². The number of hydrogen-bond acceptors (Lipinski definition) is 3. The van der Waals surface area contributed by atoms with Crippen molar-refractivity contribution >= 4 is 39.7 Å². The molecule has 1 aliphatic rings. The van der Waals surface area contributed by atoms with Gasteiger partial charge in [0.1, 0.15) is 5.75 Å². The molecule has 0 aliphatic carbocycles. The van der Waals surface area contributed by atoms with E-state index in [4.69, 9.17) is 17.0 Å². The summed E-state index contributed by atoms with van der Waals surface area (Å²) in [6.45, 7) is 1.87. The van der Waals surface area contributed by atoms with Crippen molar-refractivity contribution in [3.8, 4) is 5.75 Å². The summed E-state index contributed by atoms with van der Waals surface area (Å²) >= 11 is 5.35. The van der Waals surface area contributed by atoms with Gasteiger partial charge in [-0.25, -0.2) is 0 Å². The fraction of sp³-hybridized carbons (Fsp3) is 0.130. The van der Waals surface area contributed by atoms with Gasteiger partial charge >= 0.3 is 0 Å². The van der Waals surface area contributed by atoms with Crippen molar-refractivity contribution in [2.45, 2.75) is 13.0 Å². The molecule has 3 aromatic rings. The zero-order chi connectivity index (χ0) is 20.4. The van der Waals surface area contributed by atoms with Crippen LogP contribution < -0.4 is 20.7 Å². The number of hydrogen-bond donors (Lipinski definition) is 3. The summed E-state index contributed by atoms with van der Waals surface area (Å²) < 4.78 is 5.17. The lowest BCUT2D eigenvalue weighted by Crippen LogP contribution is -2.45. The van der Waals surface area contributed by atoms with E-state index in [-0.39, 0.29) is 11.9 Å². The van der Waals surface area contributed by atoms with E-state index in [1.165, 1.54) is 0 Å². The number of carbonyl (C=O) groups is 1. The van der Waals surface area contributed by atoms with Crippen LogP contribution in [0.25, 0.3) is 10.8 Å². The zero-order valence-electron chi connectivity index (χ0n) is 16.2. The number of carbonyl (C=O) groups excluding carboxylic acids is 1. The normalized spacial score (nSPS) is 16.2. The molecule has 0 unspecified atom stereocenters. The molecule has 6 heteroatoms. The number of rotatable bonds is 4. The number of anilines is 1. The van der Waals surface area contributed by atoms with Gasteiger partial charge in [0.2, 0.25) is 0 Å². The molecular formula is C23H21N3O2S. The molecule has 0 aromatic heterocycles. The second-order valence-electron chi connectivity index (χ2n) is 6.86. The first-order valence-corrected chi connectivity index (χ1v) is 9.68. The third-order valence-corrected chi connectivity index (χ3v) is 5.19. The van der Waals surface area contributed by atoms with Crippen LogP contribution in [0, 0.1) is 0 Å². The lowest BCUT2D eigenvalue weighted by atomic mass is 9.93. The van der Waals surface area contributed by atoms with Gasteiger partial charge in [0.25, 0.3) is 5.91 Å². The number of amides is 1. The fourth-order valence-electron chi connectivity index (χ4n) is 3.51. The molecule has 1 amide bonds. The van der Waals surface area contributed by atoms with Crippen molar-refractivity contribution in [2.24, 2.45) is 0 Å². The van der Waals surface area contributed by atoms with E-state index >= 15 is 0 Å². The molecule has 0 fully saturated rings. The number of methoxy groups -OCH3 is 1. The van der Waals surface area contributed by atoms with Gasteiger partial charge in [0.15, 0.2) is 5.11 Å². The SMILES string of the molecule is COc1ccc(NC(=O)C2=C(C)NC(=S)N[C@@H]2c2ccc3ccccc3c2)cc1. The predicted octanol–water partition coefficient (Wildman–Crippen LogP) is 4.28. The largest absolute Gasteiger partial charge is 0.497 e. The van der Waals surface area contributed by atoms with Crippen LogP contribution in [0.1, 0.15) is 18.5 Å². The van der Waals surface area contributed by atoms with Crippen LogP contribution in [0.3, 0.4) is 0 Å². The average Bonchev–Trinajstić information content (AvgIpc) is 2.73. The Morgan fingerprint density at radius 3 is 2.48 bits per heavy atom. The van der Waals surface area contributed by atoms with E-state index in [1.54, 1.807) is 7.11 Å². The Kier molecular flexibility index (Phi) is 5.18. The third-order valence-electron chi connectivity index (χ3n) is 4.97. The molecule has 3 aromatic carbocycles. The molecule has 1 atom stereocenters. The van der Waals surface area contributed by atoms with Crippen molar-refractivity contribution < 1.29 is 9.53 Å². The van der Waals surface area contributed by atoms with Crippen LogP contribution in [-0.4, -0.2) is 18.1 Å². The number of allylic oxidation sites excluding steroid dienone is 1. The van der Waals surface area contributed by atoms with Gasteiger partial charge in [-0.2, -0.15) is 0 Å². The molecule has 146 valence electrons. The van der Waals surface area contributed by atoms with Gasteiger partial charge in [0, 0.05) is 11.4 Å². The molecule has 1 aliphatic heterocycles. The molecule has 0 bridgehead atoms. The lowest BCUT2D eigenvalue weighted by molar-refractivity contribution is -0.113. The fourth-order valence-corrected chi connectivity index (χ4v) is 3.78. The molecule has 5 nitrogen and oxygen atoms in total. The van der Waals surface area contributed by atoms with Gasteiger partial charge in [0.05, 0.1) is 18.7 Å². The number of nitrogens with one attached hydrogen (secondary N) is 3. The molecule has 0 spiro atoms. The van der Waals surface area contributed by atoms with Crippen LogP contribution in [-0.2, 0) is 4.79 Å². The van der Waals surface area contributed by atoms with E-state index in [0.717, 1.165) is 27.8 Å². The number of benzene rings is 3. The molecule has 3 N–H and O–H groups in total. The molecule has 0 saturated carbocycles. The van der Waals surface area contributed by atoms with Crippen molar-refractivity contribution in [1.29, 1.82) is 0 Å². The summed E-state index contributed by atoms with van der Waals surface area (Å²) in [7, 11) is 1.61. The number of thiocarbonyl (C=S) groups is 1. The Hall–Kier alpha value is -3.38. The molecule has 0 radical (unpaired) electrons. The number of ether oxygens (including phenoxy) is 1. The van der Waals surface area contributed by atoms with E-state index in [9.17, 15) is 4.79 Å². The first-order chi connectivity index (χ1) is 14.0. The average molecular weight is 404 g/mol. The smallest absolute Gasteiger partial charge is 0.255 e. The Bertz CT molecular complexity index is 1120. The Morgan fingerprint density at radius 1 is 1.03 bits per heavy atom. The Labute approximate surface area is 174 Å². The van der Waals surface area contributed by atoms with Crippen molar-refractivity contribution in [3.63, 3.8) is 0 Å². The maximum absolute atomic E-state index is 13.2. The molecule has 29 heavy (non-hydrogen) atoms. The lowest BCUT2D eigenvalue weighted by Gasteiger charge is -2.30. The maximum Gasteiger partial charge on any atom is 0.255 e. The summed E-state index contributed by atoms with van der Waals surface area (Å²) in [5.41, 5.74) is 3.01. The van der Waals surface area contributed by atoms with Crippen LogP contribution in [0.2, 0.25) is 0 Å². The topological polar surface area (TPSA) is 62.4 Å². The van der Waals surface area contributed by atoms with E-state index in [1.807, 2.05) is 49.4 Å². The second-order valence-corrected chi connectivity index (χ2v) is 7.27. The number of fused-ring (bicyclic) bond motifs is 1. The Morgan fingerprint density at radius 2 is 1.76 bits per heavy atom. The molecule has 1 heterocycles. The monoisotopic (exact) mass is 403 g/mol. The van der Waals surface area contributed by atoms with E-state index < -0.39 is 0 Å². The highest BCUT2D eigenvalue weighted by atomic mass is 32.1. The predicted molar refractivity (Wildman–Crippen MR) is 120 cm³/mol. The zero-order valence-corrected chi connectivity index (χ0v) is 17.0. The first-order valence-electron chi connectivity index (χ1n) is 9.27. The summed E-state index contributed by atoms with van der Waals surface area (Å²) in [6.07, 6.45) is 0. The summed E-state index contributed by atoms with van der Waals surface area (Å²) in [4.78, 5) is 13.2. The highest BCUT2D eigenvalue weighted by Crippen LogP contribution is 2.30. The van der Waals surface area contributed by atoms with Gasteiger partial charge in [-0.05, 0) is 65.8 Å². The summed E-state index contributed by atoms with van der Waals surface area (Å²) in [5.74, 6) is 0.548.